The predicted octanol–water partition coefficient (Wildman–Crippen LogP) is 3.00. The molecule has 1 N–H and O–H groups in total. The number of hydrogen-bond donors (Lipinski definition) is 1. The Morgan fingerprint density at radius 3 is 2.14 bits per heavy atom. The summed E-state index contributed by atoms with van der Waals surface area (Å²) in [6.07, 6.45) is 0. The number of carboxylic acids is 1. The van der Waals surface area contributed by atoms with E-state index in [4.69, 9.17) is 4.74 Å². The molecule has 0 amide bonds. The van der Waals surface area contributed by atoms with Crippen molar-refractivity contribution in [3.8, 4) is 0 Å². The summed E-state index contributed by atoms with van der Waals surface area (Å²) in [5, 5.41) is 9.21. The first-order valence-electron chi connectivity index (χ1n) is 6.55. The maximum Gasteiger partial charge on any atom is 0.336 e. The van der Waals surface area contributed by atoms with Crippen LogP contribution in [0, 0.1) is 0 Å². The lowest BCUT2D eigenvalue weighted by molar-refractivity contribution is 0.0689. The molecule has 0 heterocycles. The van der Waals surface area contributed by atoms with Gasteiger partial charge in [0.25, 0.3) is 0 Å². The molecule has 2 aromatic rings. The van der Waals surface area contributed by atoms with Gasteiger partial charge in [0.15, 0.2) is 5.78 Å². The summed E-state index contributed by atoms with van der Waals surface area (Å²) in [5.41, 5.74) is 1.03. The molecular weight excluding hydrogens is 268 g/mol. The maximum absolute atomic E-state index is 12.7. The Bertz CT molecular complexity index is 634. The van der Waals surface area contributed by atoms with Crippen LogP contribution in [0.5, 0.6) is 0 Å². The molecule has 2 aromatic carbocycles. The molecule has 0 aliphatic rings. The number of benzene rings is 2. The van der Waals surface area contributed by atoms with Crippen LogP contribution in [-0.2, 0) is 4.74 Å². The van der Waals surface area contributed by atoms with Crippen molar-refractivity contribution < 1.29 is 19.4 Å². The SMILES string of the molecule is COCC(C(=O)c1ccccc1C(=O)O)c1ccccc1. The average Bonchev–Trinajstić information content (AvgIpc) is 2.52. The molecule has 2 rings (SSSR count). The molecule has 0 saturated heterocycles. The number of carboxylic acid groups (broad SMARTS) is 1. The highest BCUT2D eigenvalue weighted by atomic mass is 16.5. The highest BCUT2D eigenvalue weighted by Crippen LogP contribution is 2.23. The highest BCUT2D eigenvalue weighted by molar-refractivity contribution is 6.08. The summed E-state index contributed by atoms with van der Waals surface area (Å²) in [4.78, 5) is 24.0. The van der Waals surface area contributed by atoms with Crippen molar-refractivity contribution in [1.82, 2.24) is 0 Å². The van der Waals surface area contributed by atoms with Crippen LogP contribution in [0.1, 0.15) is 32.2 Å². The maximum atomic E-state index is 12.7. The first-order valence-corrected chi connectivity index (χ1v) is 6.55. The molecule has 21 heavy (non-hydrogen) atoms. The minimum absolute atomic E-state index is 0.0135. The zero-order chi connectivity index (χ0) is 15.2. The third kappa shape index (κ3) is 3.35. The Labute approximate surface area is 123 Å². The van der Waals surface area contributed by atoms with E-state index in [-0.39, 0.29) is 23.5 Å². The number of ketones is 1. The Morgan fingerprint density at radius 2 is 1.57 bits per heavy atom. The molecule has 0 aromatic heterocycles. The van der Waals surface area contributed by atoms with Gasteiger partial charge in [-0.2, -0.15) is 0 Å². The normalized spacial score (nSPS) is 11.9. The number of carbonyl (C=O) groups is 2. The van der Waals surface area contributed by atoms with Crippen LogP contribution in [0.25, 0.3) is 0 Å². The number of Topliss-reactive ketones (excluding diaryl/α,β-unsaturated/α-hetero) is 1. The molecule has 4 heteroatoms. The first-order chi connectivity index (χ1) is 10.1. The molecule has 4 nitrogen and oxygen atoms in total. The molecule has 0 spiro atoms. The summed E-state index contributed by atoms with van der Waals surface area (Å²) in [6.45, 7) is 0.205. The summed E-state index contributed by atoms with van der Waals surface area (Å²) in [5.74, 6) is -1.87. The largest absolute Gasteiger partial charge is 0.478 e. The lowest BCUT2D eigenvalue weighted by Crippen LogP contribution is -2.20. The first kappa shape index (κ1) is 14.9. The van der Waals surface area contributed by atoms with Gasteiger partial charge >= 0.3 is 5.97 Å². The van der Waals surface area contributed by atoms with Crippen LogP contribution in [0.4, 0.5) is 0 Å². The Balaban J connectivity index is 2.42. The van der Waals surface area contributed by atoms with E-state index in [1.807, 2.05) is 30.3 Å². The zero-order valence-electron chi connectivity index (χ0n) is 11.7. The Morgan fingerprint density at radius 1 is 1.00 bits per heavy atom. The number of hydrogen-bond acceptors (Lipinski definition) is 3. The van der Waals surface area contributed by atoms with E-state index in [2.05, 4.69) is 0 Å². The molecule has 0 radical (unpaired) electrons. The van der Waals surface area contributed by atoms with Crippen molar-refractivity contribution in [1.29, 1.82) is 0 Å². The van der Waals surface area contributed by atoms with Gasteiger partial charge in [-0.15, -0.1) is 0 Å². The van der Waals surface area contributed by atoms with Gasteiger partial charge in [-0.05, 0) is 11.6 Å². The minimum Gasteiger partial charge on any atom is -0.478 e. The van der Waals surface area contributed by atoms with Crippen molar-refractivity contribution in [3.63, 3.8) is 0 Å². The lowest BCUT2D eigenvalue weighted by atomic mass is 9.89. The third-order valence-electron chi connectivity index (χ3n) is 3.27. The third-order valence-corrected chi connectivity index (χ3v) is 3.27. The van der Waals surface area contributed by atoms with Crippen molar-refractivity contribution >= 4 is 11.8 Å². The summed E-state index contributed by atoms with van der Waals surface area (Å²) in [6, 6.07) is 15.5. The summed E-state index contributed by atoms with van der Waals surface area (Å²) >= 11 is 0. The van der Waals surface area contributed by atoms with Crippen molar-refractivity contribution in [2.24, 2.45) is 0 Å². The van der Waals surface area contributed by atoms with Crippen LogP contribution in [0.2, 0.25) is 0 Å². The van der Waals surface area contributed by atoms with Crippen molar-refractivity contribution in [3.05, 3.63) is 71.3 Å². The fourth-order valence-electron chi connectivity index (χ4n) is 2.25. The van der Waals surface area contributed by atoms with Crippen LogP contribution in [0.3, 0.4) is 0 Å². The van der Waals surface area contributed by atoms with E-state index in [1.165, 1.54) is 19.2 Å². The Hall–Kier alpha value is -2.46. The second kappa shape index (κ2) is 6.81. The second-order valence-corrected chi connectivity index (χ2v) is 4.63. The molecule has 0 aliphatic carbocycles. The number of methoxy groups -OCH3 is 1. The molecule has 0 aliphatic heterocycles. The molecule has 0 saturated carbocycles. The summed E-state index contributed by atoms with van der Waals surface area (Å²) in [7, 11) is 1.52. The van der Waals surface area contributed by atoms with Gasteiger partial charge in [-0.25, -0.2) is 4.79 Å². The van der Waals surface area contributed by atoms with E-state index >= 15 is 0 Å². The lowest BCUT2D eigenvalue weighted by Gasteiger charge is -2.16. The van der Waals surface area contributed by atoms with Gasteiger partial charge in [0.05, 0.1) is 18.1 Å². The monoisotopic (exact) mass is 284 g/mol. The number of carbonyl (C=O) groups excluding carboxylic acids is 1. The quantitative estimate of drug-likeness (QED) is 0.828. The van der Waals surface area contributed by atoms with Gasteiger partial charge in [0.1, 0.15) is 0 Å². The van der Waals surface area contributed by atoms with Gasteiger partial charge in [-0.3, -0.25) is 4.79 Å². The van der Waals surface area contributed by atoms with Crippen molar-refractivity contribution in [2.45, 2.75) is 5.92 Å². The second-order valence-electron chi connectivity index (χ2n) is 4.63. The fourth-order valence-corrected chi connectivity index (χ4v) is 2.25. The van der Waals surface area contributed by atoms with E-state index in [0.29, 0.717) is 0 Å². The topological polar surface area (TPSA) is 63.6 Å². The smallest absolute Gasteiger partial charge is 0.336 e. The molecule has 108 valence electrons. The molecule has 1 atom stereocenters. The van der Waals surface area contributed by atoms with Crippen LogP contribution in [0.15, 0.2) is 54.6 Å². The number of aromatic carboxylic acids is 1. The van der Waals surface area contributed by atoms with Gasteiger partial charge in [-0.1, -0.05) is 48.5 Å². The number of rotatable bonds is 6. The van der Waals surface area contributed by atoms with E-state index < -0.39 is 11.9 Å². The van der Waals surface area contributed by atoms with E-state index in [9.17, 15) is 14.7 Å². The molecule has 0 fully saturated rings. The van der Waals surface area contributed by atoms with Gasteiger partial charge < -0.3 is 9.84 Å². The van der Waals surface area contributed by atoms with Crippen LogP contribution in [-0.4, -0.2) is 30.6 Å². The molecule has 1 unspecified atom stereocenters. The number of ether oxygens (including phenoxy) is 1. The average molecular weight is 284 g/mol. The van der Waals surface area contributed by atoms with Crippen molar-refractivity contribution in [2.75, 3.05) is 13.7 Å². The predicted molar refractivity (Wildman–Crippen MR) is 78.8 cm³/mol. The standard InChI is InChI=1S/C17H16O4/c1-21-11-15(12-7-3-2-4-8-12)16(18)13-9-5-6-10-14(13)17(19)20/h2-10,15H,11H2,1H3,(H,19,20). The summed E-state index contributed by atoms with van der Waals surface area (Å²) < 4.78 is 5.13. The van der Waals surface area contributed by atoms with Gasteiger partial charge in [0, 0.05) is 12.7 Å². The molecular formula is C17H16O4. The molecule has 0 bridgehead atoms. The van der Waals surface area contributed by atoms with E-state index in [1.54, 1.807) is 12.1 Å². The van der Waals surface area contributed by atoms with E-state index in [0.717, 1.165) is 5.56 Å². The zero-order valence-corrected chi connectivity index (χ0v) is 11.7. The highest BCUT2D eigenvalue weighted by Gasteiger charge is 2.25. The minimum atomic E-state index is -1.11. The van der Waals surface area contributed by atoms with Gasteiger partial charge in [0.2, 0.25) is 0 Å². The Kier molecular flexibility index (Phi) is 4.85. The van der Waals surface area contributed by atoms with Crippen LogP contribution < -0.4 is 0 Å². The van der Waals surface area contributed by atoms with Crippen LogP contribution >= 0.6 is 0 Å². The fraction of sp³-hybridized carbons (Fsp3) is 0.176.